The molecular weight excluding hydrogens is 308 g/mol. The Balaban J connectivity index is 1.90. The Kier molecular flexibility index (Phi) is 6.23. The van der Waals surface area contributed by atoms with Gasteiger partial charge in [0.25, 0.3) is 0 Å². The molecule has 1 aromatic heterocycles. The second-order valence-corrected chi connectivity index (χ2v) is 6.77. The molecule has 1 fully saturated rings. The zero-order valence-corrected chi connectivity index (χ0v) is 15.5. The number of aromatic nitrogens is 1. The molecule has 0 aromatic carbocycles. The summed E-state index contributed by atoms with van der Waals surface area (Å²) in [4.78, 5) is 16.5. The van der Waals surface area contributed by atoms with Gasteiger partial charge in [-0.25, -0.2) is 4.79 Å². The maximum atomic E-state index is 12.5. The van der Waals surface area contributed by atoms with Gasteiger partial charge in [0.2, 0.25) is 0 Å². The minimum absolute atomic E-state index is 0.0523. The van der Waals surface area contributed by atoms with Crippen molar-refractivity contribution in [1.29, 1.82) is 0 Å². The summed E-state index contributed by atoms with van der Waals surface area (Å²) < 4.78 is 10.6. The number of nitrogens with one attached hydrogen (secondary N) is 1. The molecule has 0 saturated carbocycles. The van der Waals surface area contributed by atoms with Crippen molar-refractivity contribution < 1.29 is 14.1 Å². The molecule has 1 aliphatic rings. The van der Waals surface area contributed by atoms with Crippen LogP contribution in [0.2, 0.25) is 0 Å². The number of hydrogen-bond acceptors (Lipinski definition) is 5. The normalized spacial score (nSPS) is 18.2. The van der Waals surface area contributed by atoms with E-state index in [9.17, 15) is 4.79 Å². The summed E-state index contributed by atoms with van der Waals surface area (Å²) in [7, 11) is 1.79. The van der Waals surface area contributed by atoms with Gasteiger partial charge in [0.05, 0.1) is 25.5 Å². The number of carbonyl (C=O) groups excluding carboxylic acids is 1. The van der Waals surface area contributed by atoms with Crippen molar-refractivity contribution in [2.75, 3.05) is 39.9 Å². The minimum atomic E-state index is -0.0806. The first-order valence-corrected chi connectivity index (χ1v) is 8.61. The third kappa shape index (κ3) is 4.27. The van der Waals surface area contributed by atoms with E-state index in [1.807, 2.05) is 13.8 Å². The fourth-order valence-electron chi connectivity index (χ4n) is 3.00. The van der Waals surface area contributed by atoms with E-state index in [0.29, 0.717) is 13.1 Å². The van der Waals surface area contributed by atoms with Crippen LogP contribution in [0.15, 0.2) is 4.52 Å². The molecule has 2 rings (SSSR count). The van der Waals surface area contributed by atoms with E-state index in [1.165, 1.54) is 0 Å². The van der Waals surface area contributed by atoms with E-state index in [-0.39, 0.29) is 11.6 Å². The summed E-state index contributed by atoms with van der Waals surface area (Å²) in [5.74, 6) is 0.763. The molecule has 24 heavy (non-hydrogen) atoms. The molecule has 1 N–H and O–H groups in total. The van der Waals surface area contributed by atoms with Crippen molar-refractivity contribution in [2.24, 2.45) is 0 Å². The first-order valence-electron chi connectivity index (χ1n) is 8.61. The van der Waals surface area contributed by atoms with Crippen LogP contribution in [0.25, 0.3) is 0 Å². The van der Waals surface area contributed by atoms with Gasteiger partial charge in [0, 0.05) is 37.8 Å². The first-order chi connectivity index (χ1) is 11.4. The number of morpholine rings is 1. The fourth-order valence-corrected chi connectivity index (χ4v) is 3.00. The Bertz CT molecular complexity index is 535. The summed E-state index contributed by atoms with van der Waals surface area (Å²) in [6.07, 6.45) is 0.973. The SMILES string of the molecule is CCC(C)(CNC(=O)N(C)Cc1c(C)noc1C)N1CCOCC1. The van der Waals surface area contributed by atoms with Crippen LogP contribution >= 0.6 is 0 Å². The lowest BCUT2D eigenvalue weighted by Crippen LogP contribution is -2.57. The molecule has 1 unspecified atom stereocenters. The molecule has 2 amide bonds. The molecule has 0 radical (unpaired) electrons. The van der Waals surface area contributed by atoms with Gasteiger partial charge < -0.3 is 19.5 Å². The largest absolute Gasteiger partial charge is 0.379 e. The quantitative estimate of drug-likeness (QED) is 0.858. The number of rotatable bonds is 6. The van der Waals surface area contributed by atoms with Crippen LogP contribution in [0, 0.1) is 13.8 Å². The van der Waals surface area contributed by atoms with E-state index in [1.54, 1.807) is 11.9 Å². The van der Waals surface area contributed by atoms with Crippen LogP contribution in [0.3, 0.4) is 0 Å². The summed E-state index contributed by atoms with van der Waals surface area (Å²) in [6, 6.07) is -0.0806. The summed E-state index contributed by atoms with van der Waals surface area (Å²) in [6.45, 7) is 12.6. The Morgan fingerprint density at radius 2 is 2.04 bits per heavy atom. The summed E-state index contributed by atoms with van der Waals surface area (Å²) >= 11 is 0. The molecule has 0 spiro atoms. The van der Waals surface area contributed by atoms with E-state index in [0.717, 1.165) is 49.7 Å². The highest BCUT2D eigenvalue weighted by molar-refractivity contribution is 5.74. The Morgan fingerprint density at radius 3 is 2.58 bits per heavy atom. The maximum absolute atomic E-state index is 12.5. The van der Waals surface area contributed by atoms with Crippen molar-refractivity contribution >= 4 is 6.03 Å². The van der Waals surface area contributed by atoms with Crippen molar-refractivity contribution in [3.63, 3.8) is 0 Å². The highest BCUT2D eigenvalue weighted by Gasteiger charge is 2.32. The van der Waals surface area contributed by atoms with Crippen LogP contribution in [0.5, 0.6) is 0 Å². The molecule has 1 saturated heterocycles. The number of ether oxygens (including phenoxy) is 1. The van der Waals surface area contributed by atoms with Crippen LogP contribution in [-0.2, 0) is 11.3 Å². The zero-order valence-electron chi connectivity index (χ0n) is 15.5. The molecule has 7 nitrogen and oxygen atoms in total. The van der Waals surface area contributed by atoms with Gasteiger partial charge >= 0.3 is 6.03 Å². The van der Waals surface area contributed by atoms with Crippen molar-refractivity contribution in [3.8, 4) is 0 Å². The molecular formula is C17H30N4O3. The Morgan fingerprint density at radius 1 is 1.38 bits per heavy atom. The summed E-state index contributed by atoms with van der Waals surface area (Å²) in [5, 5.41) is 7.01. The zero-order chi connectivity index (χ0) is 17.7. The smallest absolute Gasteiger partial charge is 0.317 e. The van der Waals surface area contributed by atoms with E-state index in [2.05, 4.69) is 29.2 Å². The second-order valence-electron chi connectivity index (χ2n) is 6.77. The average Bonchev–Trinajstić information content (AvgIpc) is 2.92. The minimum Gasteiger partial charge on any atom is -0.379 e. The molecule has 136 valence electrons. The molecule has 1 aliphatic heterocycles. The van der Waals surface area contributed by atoms with Gasteiger partial charge in [-0.3, -0.25) is 4.90 Å². The van der Waals surface area contributed by atoms with E-state index in [4.69, 9.17) is 9.26 Å². The number of aryl methyl sites for hydroxylation is 2. The third-order valence-corrected chi connectivity index (χ3v) is 5.08. The first kappa shape index (κ1) is 18.7. The van der Waals surface area contributed by atoms with Gasteiger partial charge in [-0.05, 0) is 27.2 Å². The highest BCUT2D eigenvalue weighted by atomic mass is 16.5. The van der Waals surface area contributed by atoms with Crippen molar-refractivity contribution in [1.82, 2.24) is 20.3 Å². The van der Waals surface area contributed by atoms with Crippen LogP contribution in [-0.4, -0.2) is 66.4 Å². The molecule has 1 aromatic rings. The number of nitrogens with zero attached hydrogens (tertiary/aromatic N) is 3. The molecule has 0 aliphatic carbocycles. The Hall–Kier alpha value is -1.60. The third-order valence-electron chi connectivity index (χ3n) is 5.08. The van der Waals surface area contributed by atoms with Gasteiger partial charge in [0.15, 0.2) is 0 Å². The number of urea groups is 1. The Labute approximate surface area is 144 Å². The lowest BCUT2D eigenvalue weighted by Gasteiger charge is -2.43. The summed E-state index contributed by atoms with van der Waals surface area (Å²) in [5.41, 5.74) is 1.75. The lowest BCUT2D eigenvalue weighted by atomic mass is 9.95. The lowest BCUT2D eigenvalue weighted by molar-refractivity contribution is -0.0167. The number of carbonyl (C=O) groups is 1. The number of hydrogen-bond donors (Lipinski definition) is 1. The standard InChI is InChI=1S/C17H30N4O3/c1-6-17(4,21-7-9-23-10-8-21)12-18-16(22)20(5)11-15-13(2)19-24-14(15)3/h6-12H2,1-5H3,(H,18,22). The van der Waals surface area contributed by atoms with Gasteiger partial charge in [-0.1, -0.05) is 12.1 Å². The van der Waals surface area contributed by atoms with Crippen molar-refractivity contribution in [2.45, 2.75) is 46.2 Å². The molecule has 0 bridgehead atoms. The van der Waals surface area contributed by atoms with Gasteiger partial charge in [0.1, 0.15) is 5.76 Å². The second kappa shape index (κ2) is 7.98. The molecule has 1 atom stereocenters. The monoisotopic (exact) mass is 338 g/mol. The van der Waals surface area contributed by atoms with Crippen LogP contribution in [0.1, 0.15) is 37.3 Å². The number of amides is 2. The van der Waals surface area contributed by atoms with E-state index < -0.39 is 0 Å². The van der Waals surface area contributed by atoms with Crippen molar-refractivity contribution in [3.05, 3.63) is 17.0 Å². The fraction of sp³-hybridized carbons (Fsp3) is 0.765. The predicted molar refractivity (Wildman–Crippen MR) is 91.9 cm³/mol. The van der Waals surface area contributed by atoms with E-state index >= 15 is 0 Å². The van der Waals surface area contributed by atoms with Gasteiger partial charge in [-0.2, -0.15) is 0 Å². The molecule has 2 heterocycles. The van der Waals surface area contributed by atoms with Crippen LogP contribution in [0.4, 0.5) is 4.79 Å². The average molecular weight is 338 g/mol. The van der Waals surface area contributed by atoms with Crippen LogP contribution < -0.4 is 5.32 Å². The predicted octanol–water partition coefficient (Wildman–Crippen LogP) is 1.93. The topological polar surface area (TPSA) is 70.8 Å². The highest BCUT2D eigenvalue weighted by Crippen LogP contribution is 2.20. The molecule has 7 heteroatoms. The van der Waals surface area contributed by atoms with Gasteiger partial charge in [-0.15, -0.1) is 0 Å². The maximum Gasteiger partial charge on any atom is 0.317 e.